The standard InChI is InChI=1S/C90H70B3F8N5O3/c1-87(2,3)48-18-22-64-70(28-48)103(59-36-52(96)31-53(97)37-59)76-44-77-80-83-79(76)91(64)66-24-20-62(89(7,8)9)84-81(66)106(83)82-67(25-21-63(85(82)109-84)90(10,11)12)93(80)69-42-68-72(43-73(69)105(77)61-40-56(100)33-57(101)41-61)104(60-38-54(98)32-55(99)39-60)75-27-47(86(107)108-45-46-16-14-13-15-17-46)26-74-78(75)92(68)65-23-19-49(88(4,5)6)29-71(65)102(74)58-34-50(94)30-51(95)35-58/h13-44H,45H2,1-12H3. The van der Waals surface area contributed by atoms with Crippen molar-refractivity contribution in [2.75, 3.05) is 24.5 Å². The summed E-state index contributed by atoms with van der Waals surface area (Å²) in [6.07, 6.45) is 0. The van der Waals surface area contributed by atoms with Crippen LogP contribution in [0.1, 0.15) is 121 Å². The van der Waals surface area contributed by atoms with Gasteiger partial charge in [0, 0.05) is 86.6 Å². The van der Waals surface area contributed by atoms with Crippen LogP contribution in [0.3, 0.4) is 0 Å². The summed E-state index contributed by atoms with van der Waals surface area (Å²) in [6, 6.07) is 52.3. The molecule has 0 unspecified atom stereocenters. The molecule has 0 fully saturated rings. The quantitative estimate of drug-likeness (QED) is 0.0889. The number of halogens is 8. The first kappa shape index (κ1) is 68.1. The summed E-state index contributed by atoms with van der Waals surface area (Å²) in [4.78, 5) is 24.7. The van der Waals surface area contributed by atoms with Crippen LogP contribution < -0.4 is 78.4 Å². The summed E-state index contributed by atoms with van der Waals surface area (Å²) in [5, 5.41) is 0. The van der Waals surface area contributed by atoms with Crippen molar-refractivity contribution in [1.29, 1.82) is 0 Å². The molecule has 0 spiro atoms. The van der Waals surface area contributed by atoms with E-state index in [0.29, 0.717) is 78.7 Å². The minimum atomic E-state index is -0.945. The minimum absolute atomic E-state index is 0.0254. The van der Waals surface area contributed by atoms with Gasteiger partial charge in [0.25, 0.3) is 20.1 Å². The molecule has 12 aromatic carbocycles. The van der Waals surface area contributed by atoms with Crippen LogP contribution in [0.25, 0.3) is 0 Å². The first-order chi connectivity index (χ1) is 51.7. The van der Waals surface area contributed by atoms with E-state index < -0.39 is 94.3 Å². The van der Waals surface area contributed by atoms with Gasteiger partial charge in [-0.2, -0.15) is 0 Å². The van der Waals surface area contributed by atoms with Gasteiger partial charge in [0.15, 0.2) is 11.5 Å². The van der Waals surface area contributed by atoms with Crippen molar-refractivity contribution in [1.82, 2.24) is 0 Å². The normalized spacial score (nSPS) is 14.4. The second-order valence-electron chi connectivity index (χ2n) is 33.9. The molecule has 109 heavy (non-hydrogen) atoms. The monoisotopic (exact) mass is 1450 g/mol. The molecule has 0 N–H and O–H groups in total. The number of carbonyl (C=O) groups excluding carboxylic acids is 1. The van der Waals surface area contributed by atoms with Crippen LogP contribution in [0.15, 0.2) is 194 Å². The maximum Gasteiger partial charge on any atom is 0.338 e. The first-order valence-electron chi connectivity index (χ1n) is 36.7. The predicted octanol–water partition coefficient (Wildman–Crippen LogP) is 18.2. The third-order valence-electron chi connectivity index (χ3n) is 22.8. The van der Waals surface area contributed by atoms with Gasteiger partial charge in [0.05, 0.1) is 39.7 Å². The molecule has 0 aromatic heterocycles. The topological polar surface area (TPSA) is 51.7 Å². The Morgan fingerprint density at radius 2 is 0.670 bits per heavy atom. The van der Waals surface area contributed by atoms with Crippen LogP contribution in [0.5, 0.6) is 11.5 Å². The van der Waals surface area contributed by atoms with E-state index in [4.69, 9.17) is 9.47 Å². The molecular weight excluding hydrogens is 1380 g/mol. The lowest BCUT2D eigenvalue weighted by molar-refractivity contribution is 0.0472. The third kappa shape index (κ3) is 10.3. The molecule has 12 aromatic rings. The maximum atomic E-state index is 17.0. The number of rotatable bonds is 7. The van der Waals surface area contributed by atoms with Crippen LogP contribution in [0.4, 0.5) is 120 Å². The molecule has 8 nitrogen and oxygen atoms in total. The zero-order valence-corrected chi connectivity index (χ0v) is 61.9. The highest BCUT2D eigenvalue weighted by atomic mass is 19.2. The van der Waals surface area contributed by atoms with Gasteiger partial charge in [-0.15, -0.1) is 0 Å². The van der Waals surface area contributed by atoms with Crippen LogP contribution in [0, 0.1) is 46.5 Å². The van der Waals surface area contributed by atoms with Crippen LogP contribution >= 0.6 is 0 Å². The van der Waals surface area contributed by atoms with E-state index in [1.54, 1.807) is 21.9 Å². The number of anilines is 15. The van der Waals surface area contributed by atoms with Gasteiger partial charge in [-0.1, -0.05) is 168 Å². The van der Waals surface area contributed by atoms with Gasteiger partial charge in [0.2, 0.25) is 0 Å². The van der Waals surface area contributed by atoms with E-state index in [0.717, 1.165) is 90.9 Å². The Morgan fingerprint density at radius 3 is 1.05 bits per heavy atom. The van der Waals surface area contributed by atoms with Gasteiger partial charge >= 0.3 is 5.97 Å². The lowest BCUT2D eigenvalue weighted by atomic mass is 9.27. The average molecular weight is 1450 g/mol. The summed E-state index contributed by atoms with van der Waals surface area (Å²) in [7, 11) is 0. The molecule has 19 heteroatoms. The molecular formula is C90H70B3F8N5O3. The number of ether oxygens (including phenoxy) is 2. The Bertz CT molecular complexity index is 5980. The number of carbonyl (C=O) groups is 1. The van der Waals surface area contributed by atoms with Crippen molar-refractivity contribution in [2.45, 2.75) is 111 Å². The highest BCUT2D eigenvalue weighted by molar-refractivity contribution is 7.06. The number of benzene rings is 12. The second-order valence-corrected chi connectivity index (χ2v) is 33.9. The molecule has 0 saturated heterocycles. The van der Waals surface area contributed by atoms with E-state index >= 15 is 39.9 Å². The summed E-state index contributed by atoms with van der Waals surface area (Å²) >= 11 is 0. The van der Waals surface area contributed by atoms with Crippen LogP contribution in [-0.4, -0.2) is 26.1 Å². The SMILES string of the molecule is CC(C)(C)c1ccc2c(c1)N(c1cc(F)cc(F)c1)c1cc(C(=O)OCc3ccccc3)cc3c1B2c1cc2c(cc1N3c1cc(F)cc(F)c1)N(c1cc(F)cc(F)c1)c1cc3c4c5c1B2c1ccc(C(C)(C)C)c2c1N5c1c(ccc(C(C)(C)C)c1O2)B4c1ccc(C(C)(C)C)cc1N3c1cc(F)cc(F)c1. The third-order valence-corrected chi connectivity index (χ3v) is 22.8. The number of hydrogen-bond acceptors (Lipinski definition) is 8. The first-order valence-corrected chi connectivity index (χ1v) is 36.7. The lowest BCUT2D eigenvalue weighted by Crippen LogP contribution is -2.70. The molecule has 7 aliphatic heterocycles. The Morgan fingerprint density at radius 1 is 0.330 bits per heavy atom. The highest BCUT2D eigenvalue weighted by Gasteiger charge is 2.57. The van der Waals surface area contributed by atoms with E-state index in [1.807, 2.05) is 70.5 Å². The fraction of sp³-hybridized carbons (Fsp3) is 0.189. The van der Waals surface area contributed by atoms with Crippen LogP contribution in [0.2, 0.25) is 0 Å². The minimum Gasteiger partial charge on any atom is -0.457 e. The Hall–Kier alpha value is -11.5. The number of hydrogen-bond donors (Lipinski definition) is 0. The van der Waals surface area contributed by atoms with Gasteiger partial charge < -0.3 is 34.0 Å². The number of esters is 1. The maximum absolute atomic E-state index is 17.0. The largest absolute Gasteiger partial charge is 0.457 e. The van der Waals surface area contributed by atoms with Crippen molar-refractivity contribution in [2.24, 2.45) is 0 Å². The molecule has 0 amide bonds. The summed E-state index contributed by atoms with van der Waals surface area (Å²) < 4.78 is 147. The summed E-state index contributed by atoms with van der Waals surface area (Å²) in [5.74, 6) is -6.63. The van der Waals surface area contributed by atoms with Crippen molar-refractivity contribution >= 4 is 161 Å². The van der Waals surface area contributed by atoms with Gasteiger partial charge in [-0.3, -0.25) is 0 Å². The zero-order valence-electron chi connectivity index (χ0n) is 61.9. The molecule has 0 atom stereocenters. The molecule has 7 aliphatic rings. The Balaban J connectivity index is 0.984. The molecule has 538 valence electrons. The highest BCUT2D eigenvalue weighted by Crippen LogP contribution is 2.60. The molecule has 0 aliphatic carbocycles. The van der Waals surface area contributed by atoms with Crippen molar-refractivity contribution < 1.29 is 49.4 Å². The average Bonchev–Trinajstić information content (AvgIpc) is 0.655. The smallest absolute Gasteiger partial charge is 0.338 e. The fourth-order valence-electron chi connectivity index (χ4n) is 18.1. The van der Waals surface area contributed by atoms with Gasteiger partial charge in [-0.05, 0) is 172 Å². The molecule has 0 saturated carbocycles. The Kier molecular flexibility index (Phi) is 14.5. The number of nitrogens with zero attached hydrogens (tertiary/aromatic N) is 5. The Labute approximate surface area is 628 Å². The van der Waals surface area contributed by atoms with Gasteiger partial charge in [0.1, 0.15) is 53.1 Å². The number of fused-ring (bicyclic) bond motifs is 10. The molecule has 7 heterocycles. The van der Waals surface area contributed by atoms with E-state index in [-0.39, 0.29) is 40.6 Å². The van der Waals surface area contributed by atoms with Crippen molar-refractivity contribution in [3.8, 4) is 11.5 Å². The summed E-state index contributed by atoms with van der Waals surface area (Å²) in [6.45, 7) is 22.9. The van der Waals surface area contributed by atoms with Crippen LogP contribution in [-0.2, 0) is 33.0 Å². The van der Waals surface area contributed by atoms with E-state index in [1.165, 1.54) is 48.5 Å². The van der Waals surface area contributed by atoms with Crippen molar-refractivity contribution in [3.05, 3.63) is 274 Å². The van der Waals surface area contributed by atoms with E-state index in [9.17, 15) is 0 Å². The lowest BCUT2D eigenvalue weighted by Gasteiger charge is -2.53. The molecule has 19 rings (SSSR count). The van der Waals surface area contributed by atoms with Crippen molar-refractivity contribution in [3.63, 3.8) is 0 Å². The second kappa shape index (κ2) is 23.3. The molecule has 0 bridgehead atoms. The van der Waals surface area contributed by atoms with Gasteiger partial charge in [-0.25, -0.2) is 39.9 Å². The fourth-order valence-corrected chi connectivity index (χ4v) is 18.1. The summed E-state index contributed by atoms with van der Waals surface area (Å²) in [5.41, 5.74) is 14.5. The molecule has 0 radical (unpaired) electrons. The van der Waals surface area contributed by atoms with E-state index in [2.05, 4.69) is 137 Å². The zero-order chi connectivity index (χ0) is 76.0. The predicted molar refractivity (Wildman–Crippen MR) is 424 cm³/mol.